The molecule has 2 heterocycles. The van der Waals surface area contributed by atoms with E-state index in [2.05, 4.69) is 42.6 Å². The van der Waals surface area contributed by atoms with Crippen LogP contribution in [0.1, 0.15) is 25.3 Å². The van der Waals surface area contributed by atoms with Crippen LogP contribution in [0.2, 0.25) is 0 Å². The maximum absolute atomic E-state index is 6.09. The molecule has 0 spiro atoms. The summed E-state index contributed by atoms with van der Waals surface area (Å²) >= 11 is 0. The van der Waals surface area contributed by atoms with E-state index in [0.717, 1.165) is 13.1 Å². The van der Waals surface area contributed by atoms with Crippen molar-refractivity contribution in [2.24, 2.45) is 10.9 Å². The number of piperidine rings is 1. The average molecular weight is 296 g/mol. The zero-order valence-electron chi connectivity index (χ0n) is 13.2. The molecule has 0 saturated carbocycles. The first-order valence-corrected chi connectivity index (χ1v) is 8.08. The Hall–Kier alpha value is -1.71. The van der Waals surface area contributed by atoms with Gasteiger partial charge in [0.2, 0.25) is 0 Å². The topological polar surface area (TPSA) is 33.6 Å². The molecule has 1 aromatic rings. The number of benzene rings is 1. The fourth-order valence-corrected chi connectivity index (χ4v) is 2.88. The van der Waals surface area contributed by atoms with E-state index in [-0.39, 0.29) is 0 Å². The third-order valence-electron chi connectivity index (χ3n) is 4.31. The second-order valence-corrected chi connectivity index (χ2v) is 6.19. The van der Waals surface area contributed by atoms with E-state index in [1.165, 1.54) is 24.1 Å². The highest BCUT2D eigenvalue weighted by Crippen LogP contribution is 2.25. The highest BCUT2D eigenvalue weighted by Gasteiger charge is 2.23. The quantitative estimate of drug-likeness (QED) is 0.923. The first-order valence-electron chi connectivity index (χ1n) is 8.08. The van der Waals surface area contributed by atoms with Crippen LogP contribution in [0.25, 0.3) is 0 Å². The molecule has 0 radical (unpaired) electrons. The van der Waals surface area contributed by atoms with E-state index in [9.17, 15) is 0 Å². The van der Waals surface area contributed by atoms with Gasteiger partial charge in [-0.2, -0.15) is 0 Å². The minimum absolute atomic E-state index is 0.443. The highest BCUT2D eigenvalue weighted by molar-refractivity contribution is 5.73. The number of ether oxygens (including phenoxy) is 1. The Morgan fingerprint density at radius 2 is 2.00 bits per heavy atom. The number of allylic oxidation sites excluding steroid dienone is 3. The van der Waals surface area contributed by atoms with E-state index in [4.69, 9.17) is 9.73 Å². The van der Waals surface area contributed by atoms with E-state index in [0.29, 0.717) is 12.5 Å². The third-order valence-corrected chi connectivity index (χ3v) is 4.31. The van der Waals surface area contributed by atoms with Crippen molar-refractivity contribution in [2.45, 2.75) is 32.0 Å². The monoisotopic (exact) mass is 296 g/mol. The number of nitrogens with zero attached hydrogens (tertiary/aromatic N) is 1. The van der Waals surface area contributed by atoms with E-state index >= 15 is 0 Å². The molecule has 2 aliphatic rings. The maximum Gasteiger partial charge on any atom is 0.119 e. The van der Waals surface area contributed by atoms with Gasteiger partial charge in [-0.15, -0.1) is 0 Å². The molecule has 3 nitrogen and oxygen atoms in total. The normalized spacial score (nSPS) is 25.8. The van der Waals surface area contributed by atoms with Crippen LogP contribution in [0, 0.1) is 5.92 Å². The van der Waals surface area contributed by atoms with Gasteiger partial charge in [-0.25, -0.2) is 0 Å². The van der Waals surface area contributed by atoms with Gasteiger partial charge in [0.1, 0.15) is 5.60 Å². The van der Waals surface area contributed by atoms with Gasteiger partial charge in [-0.05, 0) is 50.6 Å². The molecule has 3 rings (SSSR count). The lowest BCUT2D eigenvalue weighted by Gasteiger charge is -2.24. The molecule has 0 aliphatic carbocycles. The number of rotatable bonds is 4. The lowest BCUT2D eigenvalue weighted by Crippen LogP contribution is -2.29. The van der Waals surface area contributed by atoms with Crippen LogP contribution in [0.3, 0.4) is 0 Å². The summed E-state index contributed by atoms with van der Waals surface area (Å²) in [7, 11) is 0. The Balaban J connectivity index is 1.63. The average Bonchev–Trinajstić information content (AvgIpc) is 2.77. The van der Waals surface area contributed by atoms with Crippen LogP contribution in [0.4, 0.5) is 0 Å². The van der Waals surface area contributed by atoms with Crippen molar-refractivity contribution < 1.29 is 4.74 Å². The second-order valence-electron chi connectivity index (χ2n) is 6.19. The standard InChI is InChI=1S/C19H24N2O/c1-19(22-14-16-6-3-2-4-7-16)11-5-8-18(21-15-19)17-9-12-20-13-10-17/h2-8,11,15,17,20H,9-10,12-14H2,1H3. The van der Waals surface area contributed by atoms with Gasteiger partial charge in [0.25, 0.3) is 0 Å². The molecular formula is C19H24N2O. The smallest absolute Gasteiger partial charge is 0.119 e. The van der Waals surface area contributed by atoms with Gasteiger partial charge in [-0.1, -0.05) is 36.4 Å². The fraction of sp³-hybridized carbons (Fsp3) is 0.421. The van der Waals surface area contributed by atoms with Crippen LogP contribution in [-0.2, 0) is 11.3 Å². The summed E-state index contributed by atoms with van der Waals surface area (Å²) in [4.78, 5) is 4.73. The van der Waals surface area contributed by atoms with Crippen LogP contribution in [0.15, 0.2) is 59.2 Å². The maximum atomic E-state index is 6.09. The van der Waals surface area contributed by atoms with E-state index in [1.807, 2.05) is 24.4 Å². The van der Waals surface area contributed by atoms with Crippen LogP contribution in [-0.4, -0.2) is 24.9 Å². The largest absolute Gasteiger partial charge is 0.361 e. The Morgan fingerprint density at radius 3 is 2.77 bits per heavy atom. The summed E-state index contributed by atoms with van der Waals surface area (Å²) in [6.45, 7) is 4.83. The van der Waals surface area contributed by atoms with Gasteiger partial charge < -0.3 is 10.1 Å². The van der Waals surface area contributed by atoms with Gasteiger partial charge in [-0.3, -0.25) is 4.99 Å². The van der Waals surface area contributed by atoms with E-state index < -0.39 is 5.60 Å². The minimum atomic E-state index is -0.443. The third kappa shape index (κ3) is 3.93. The summed E-state index contributed by atoms with van der Waals surface area (Å²) in [5, 5.41) is 3.40. The second kappa shape index (κ2) is 7.03. The predicted molar refractivity (Wildman–Crippen MR) is 90.9 cm³/mol. The van der Waals surface area contributed by atoms with Crippen molar-refractivity contribution in [1.29, 1.82) is 0 Å². The van der Waals surface area contributed by atoms with Crippen molar-refractivity contribution in [2.75, 3.05) is 13.1 Å². The lowest BCUT2D eigenvalue weighted by atomic mass is 9.94. The van der Waals surface area contributed by atoms with Crippen molar-refractivity contribution >= 4 is 6.21 Å². The summed E-state index contributed by atoms with van der Waals surface area (Å²) in [5.74, 6) is 0.568. The van der Waals surface area contributed by atoms with Gasteiger partial charge in [0, 0.05) is 17.8 Å². The Labute approximate surface area is 132 Å². The molecule has 1 atom stereocenters. The molecule has 22 heavy (non-hydrogen) atoms. The zero-order chi connectivity index (χ0) is 15.3. The molecule has 1 unspecified atom stereocenters. The SMILES string of the molecule is CC1(OCc2ccccc2)C=CC=C(C2CCNCC2)N=C1. The number of aliphatic imine (C=N–C) groups is 1. The molecule has 2 aliphatic heterocycles. The van der Waals surface area contributed by atoms with Crippen molar-refractivity contribution in [3.05, 3.63) is 59.8 Å². The van der Waals surface area contributed by atoms with Crippen LogP contribution < -0.4 is 5.32 Å². The Bertz CT molecular complexity index is 570. The first kappa shape index (κ1) is 15.2. The first-order chi connectivity index (χ1) is 10.8. The summed E-state index contributed by atoms with van der Waals surface area (Å²) in [6.07, 6.45) is 10.6. The molecular weight excluding hydrogens is 272 g/mol. The molecule has 1 aromatic carbocycles. The van der Waals surface area contributed by atoms with Crippen molar-refractivity contribution in [3.63, 3.8) is 0 Å². The lowest BCUT2D eigenvalue weighted by molar-refractivity contribution is 0.0461. The Kier molecular flexibility index (Phi) is 4.86. The fourth-order valence-electron chi connectivity index (χ4n) is 2.88. The van der Waals surface area contributed by atoms with Gasteiger partial charge in [0.15, 0.2) is 0 Å². The highest BCUT2D eigenvalue weighted by atomic mass is 16.5. The molecule has 0 aromatic heterocycles. The zero-order valence-corrected chi connectivity index (χ0v) is 13.2. The van der Waals surface area contributed by atoms with Crippen LogP contribution in [0.5, 0.6) is 0 Å². The molecule has 116 valence electrons. The predicted octanol–water partition coefficient (Wildman–Crippen LogP) is 3.49. The molecule has 1 saturated heterocycles. The van der Waals surface area contributed by atoms with Crippen molar-refractivity contribution in [1.82, 2.24) is 5.32 Å². The number of hydrogen-bond donors (Lipinski definition) is 1. The number of nitrogens with one attached hydrogen (secondary N) is 1. The van der Waals surface area contributed by atoms with Gasteiger partial charge in [0.05, 0.1) is 6.61 Å². The van der Waals surface area contributed by atoms with Crippen LogP contribution >= 0.6 is 0 Å². The summed E-state index contributed by atoms with van der Waals surface area (Å²) in [5.41, 5.74) is 1.92. The molecule has 1 N–H and O–H groups in total. The summed E-state index contributed by atoms with van der Waals surface area (Å²) < 4.78 is 6.09. The minimum Gasteiger partial charge on any atom is -0.361 e. The van der Waals surface area contributed by atoms with Crippen molar-refractivity contribution in [3.8, 4) is 0 Å². The molecule has 1 fully saturated rings. The summed E-state index contributed by atoms with van der Waals surface area (Å²) in [6, 6.07) is 10.3. The molecule has 3 heteroatoms. The number of hydrogen-bond acceptors (Lipinski definition) is 3. The van der Waals surface area contributed by atoms with Gasteiger partial charge >= 0.3 is 0 Å². The van der Waals surface area contributed by atoms with E-state index in [1.54, 1.807) is 0 Å². The molecule has 0 amide bonds. The Morgan fingerprint density at radius 1 is 1.23 bits per heavy atom. The molecule has 0 bridgehead atoms.